The van der Waals surface area contributed by atoms with E-state index in [0.29, 0.717) is 16.9 Å². The molecule has 5 heteroatoms. The van der Waals surface area contributed by atoms with Gasteiger partial charge in [0, 0.05) is 18.4 Å². The van der Waals surface area contributed by atoms with Crippen molar-refractivity contribution in [1.29, 1.82) is 0 Å². The van der Waals surface area contributed by atoms with Crippen molar-refractivity contribution in [2.45, 2.75) is 19.8 Å². The molecular weight excluding hydrogens is 268 g/mol. The fourth-order valence-electron chi connectivity index (χ4n) is 2.06. The lowest BCUT2D eigenvalue weighted by atomic mass is 10.0. The van der Waals surface area contributed by atoms with Crippen LogP contribution in [0.2, 0.25) is 0 Å². The van der Waals surface area contributed by atoms with E-state index < -0.39 is 11.9 Å². The fraction of sp³-hybridized carbons (Fsp3) is 0.250. The zero-order valence-corrected chi connectivity index (χ0v) is 12.3. The van der Waals surface area contributed by atoms with E-state index in [9.17, 15) is 9.59 Å². The van der Waals surface area contributed by atoms with Gasteiger partial charge >= 0.3 is 5.97 Å². The second-order valence-corrected chi connectivity index (χ2v) is 5.06. The number of nitrogens with one attached hydrogen (secondary N) is 1. The SMILES string of the molecule is Cc1ccc(C(=O)Nc2cccc(C(C)C(=O)O)c2)n1C. The van der Waals surface area contributed by atoms with Crippen LogP contribution in [0.5, 0.6) is 0 Å². The van der Waals surface area contributed by atoms with E-state index in [-0.39, 0.29) is 5.91 Å². The molecule has 0 spiro atoms. The number of aryl methyl sites for hydroxylation is 1. The summed E-state index contributed by atoms with van der Waals surface area (Å²) >= 11 is 0. The van der Waals surface area contributed by atoms with Crippen molar-refractivity contribution < 1.29 is 14.7 Å². The average molecular weight is 286 g/mol. The van der Waals surface area contributed by atoms with Gasteiger partial charge in [-0.1, -0.05) is 12.1 Å². The van der Waals surface area contributed by atoms with Gasteiger partial charge in [0.15, 0.2) is 0 Å². The molecule has 0 radical (unpaired) electrons. The summed E-state index contributed by atoms with van der Waals surface area (Å²) in [7, 11) is 1.83. The number of rotatable bonds is 4. The van der Waals surface area contributed by atoms with Crippen LogP contribution in [0.1, 0.15) is 34.6 Å². The number of nitrogens with zero attached hydrogens (tertiary/aromatic N) is 1. The Kier molecular flexibility index (Phi) is 4.12. The molecule has 1 atom stereocenters. The third-order valence-electron chi connectivity index (χ3n) is 3.62. The first kappa shape index (κ1) is 14.8. The van der Waals surface area contributed by atoms with Gasteiger partial charge in [0.1, 0.15) is 5.69 Å². The van der Waals surface area contributed by atoms with Crippen LogP contribution >= 0.6 is 0 Å². The Balaban J connectivity index is 2.20. The molecule has 0 saturated carbocycles. The predicted octanol–water partition coefficient (Wildman–Crippen LogP) is 2.77. The summed E-state index contributed by atoms with van der Waals surface area (Å²) in [5.74, 6) is -1.72. The Morgan fingerprint density at radius 2 is 1.95 bits per heavy atom. The van der Waals surface area contributed by atoms with Crippen LogP contribution < -0.4 is 5.32 Å². The maximum Gasteiger partial charge on any atom is 0.310 e. The zero-order valence-electron chi connectivity index (χ0n) is 12.3. The maximum absolute atomic E-state index is 12.2. The number of hydrogen-bond acceptors (Lipinski definition) is 2. The molecule has 0 fully saturated rings. The van der Waals surface area contributed by atoms with Crippen LogP contribution in [0.4, 0.5) is 5.69 Å². The number of benzene rings is 1. The number of amides is 1. The van der Waals surface area contributed by atoms with Gasteiger partial charge in [-0.3, -0.25) is 9.59 Å². The molecule has 0 aliphatic carbocycles. The van der Waals surface area contributed by atoms with Crippen molar-refractivity contribution in [2.24, 2.45) is 7.05 Å². The van der Waals surface area contributed by atoms with Crippen LogP contribution in [-0.4, -0.2) is 21.6 Å². The summed E-state index contributed by atoms with van der Waals surface area (Å²) in [5.41, 5.74) is 2.80. The molecule has 2 aromatic rings. The molecule has 0 saturated heterocycles. The number of aliphatic carboxylic acids is 1. The van der Waals surface area contributed by atoms with Gasteiger partial charge in [-0.25, -0.2) is 0 Å². The van der Waals surface area contributed by atoms with Gasteiger partial charge in [0.2, 0.25) is 0 Å². The Hall–Kier alpha value is -2.56. The molecule has 1 unspecified atom stereocenters. The van der Waals surface area contributed by atoms with Crippen molar-refractivity contribution in [3.8, 4) is 0 Å². The van der Waals surface area contributed by atoms with Crippen molar-refractivity contribution >= 4 is 17.6 Å². The van der Waals surface area contributed by atoms with Crippen molar-refractivity contribution in [2.75, 3.05) is 5.32 Å². The third kappa shape index (κ3) is 3.13. The van der Waals surface area contributed by atoms with E-state index in [1.54, 1.807) is 41.8 Å². The van der Waals surface area contributed by atoms with Gasteiger partial charge in [-0.05, 0) is 43.7 Å². The smallest absolute Gasteiger partial charge is 0.310 e. The highest BCUT2D eigenvalue weighted by Gasteiger charge is 2.15. The lowest BCUT2D eigenvalue weighted by Gasteiger charge is -2.10. The van der Waals surface area contributed by atoms with Gasteiger partial charge < -0.3 is 15.0 Å². The molecule has 0 bridgehead atoms. The minimum absolute atomic E-state index is 0.217. The number of carboxylic acid groups (broad SMARTS) is 1. The lowest BCUT2D eigenvalue weighted by molar-refractivity contribution is -0.138. The van der Waals surface area contributed by atoms with Gasteiger partial charge in [-0.2, -0.15) is 0 Å². The predicted molar refractivity (Wildman–Crippen MR) is 80.6 cm³/mol. The van der Waals surface area contributed by atoms with E-state index in [1.165, 1.54) is 0 Å². The monoisotopic (exact) mass is 286 g/mol. The largest absolute Gasteiger partial charge is 0.481 e. The normalized spacial score (nSPS) is 12.0. The Bertz CT molecular complexity index is 689. The topological polar surface area (TPSA) is 71.3 Å². The Morgan fingerprint density at radius 3 is 2.52 bits per heavy atom. The fourth-order valence-corrected chi connectivity index (χ4v) is 2.06. The highest BCUT2D eigenvalue weighted by Crippen LogP contribution is 2.20. The molecule has 0 aliphatic rings. The van der Waals surface area contributed by atoms with E-state index >= 15 is 0 Å². The number of aromatic nitrogens is 1. The molecule has 1 aromatic heterocycles. The molecule has 0 aliphatic heterocycles. The van der Waals surface area contributed by atoms with E-state index in [4.69, 9.17) is 5.11 Å². The van der Waals surface area contributed by atoms with E-state index in [0.717, 1.165) is 5.69 Å². The average Bonchev–Trinajstić information content (AvgIpc) is 2.78. The lowest BCUT2D eigenvalue weighted by Crippen LogP contribution is -2.16. The van der Waals surface area contributed by atoms with Crippen molar-refractivity contribution in [1.82, 2.24) is 4.57 Å². The van der Waals surface area contributed by atoms with Crippen LogP contribution in [0.3, 0.4) is 0 Å². The number of anilines is 1. The first-order chi connectivity index (χ1) is 9.90. The standard InChI is InChI=1S/C16H18N2O3/c1-10-7-8-14(18(10)3)15(19)17-13-6-4-5-12(9-13)11(2)16(20)21/h4-9,11H,1-3H3,(H,17,19)(H,20,21). The second kappa shape index (κ2) is 5.83. The summed E-state index contributed by atoms with van der Waals surface area (Å²) in [4.78, 5) is 23.2. The van der Waals surface area contributed by atoms with Crippen LogP contribution in [0, 0.1) is 6.92 Å². The number of carbonyl (C=O) groups is 2. The molecule has 21 heavy (non-hydrogen) atoms. The molecule has 110 valence electrons. The quantitative estimate of drug-likeness (QED) is 0.907. The van der Waals surface area contributed by atoms with Gasteiger partial charge in [0.25, 0.3) is 5.91 Å². The molecule has 2 rings (SSSR count). The summed E-state index contributed by atoms with van der Waals surface area (Å²) in [5, 5.41) is 11.8. The van der Waals surface area contributed by atoms with Crippen molar-refractivity contribution in [3.63, 3.8) is 0 Å². The summed E-state index contributed by atoms with van der Waals surface area (Å²) in [6, 6.07) is 10.5. The van der Waals surface area contributed by atoms with Gasteiger partial charge in [0.05, 0.1) is 5.92 Å². The minimum Gasteiger partial charge on any atom is -0.481 e. The zero-order chi connectivity index (χ0) is 15.6. The maximum atomic E-state index is 12.2. The molecule has 2 N–H and O–H groups in total. The number of hydrogen-bond donors (Lipinski definition) is 2. The summed E-state index contributed by atoms with van der Waals surface area (Å²) in [6.07, 6.45) is 0. The first-order valence-corrected chi connectivity index (χ1v) is 6.66. The highest BCUT2D eigenvalue weighted by molar-refractivity contribution is 6.03. The minimum atomic E-state index is -0.892. The third-order valence-corrected chi connectivity index (χ3v) is 3.62. The first-order valence-electron chi connectivity index (χ1n) is 6.66. The van der Waals surface area contributed by atoms with Crippen molar-refractivity contribution in [3.05, 3.63) is 53.3 Å². The van der Waals surface area contributed by atoms with Crippen LogP contribution in [0.25, 0.3) is 0 Å². The highest BCUT2D eigenvalue weighted by atomic mass is 16.4. The Labute approximate surface area is 123 Å². The molecule has 5 nitrogen and oxygen atoms in total. The van der Waals surface area contributed by atoms with Gasteiger partial charge in [-0.15, -0.1) is 0 Å². The summed E-state index contributed by atoms with van der Waals surface area (Å²) < 4.78 is 1.80. The Morgan fingerprint density at radius 1 is 1.24 bits per heavy atom. The van der Waals surface area contributed by atoms with Crippen LogP contribution in [0.15, 0.2) is 36.4 Å². The molecular formula is C16H18N2O3. The van der Waals surface area contributed by atoms with Crippen LogP contribution in [-0.2, 0) is 11.8 Å². The molecule has 1 amide bonds. The summed E-state index contributed by atoms with van der Waals surface area (Å²) in [6.45, 7) is 3.54. The number of carbonyl (C=O) groups excluding carboxylic acids is 1. The van der Waals surface area contributed by atoms with E-state index in [2.05, 4.69) is 5.32 Å². The second-order valence-electron chi connectivity index (χ2n) is 5.06. The number of carboxylic acids is 1. The van der Waals surface area contributed by atoms with E-state index in [1.807, 2.05) is 20.0 Å². The molecule has 1 aromatic carbocycles. The molecule has 1 heterocycles.